The summed E-state index contributed by atoms with van der Waals surface area (Å²) in [7, 11) is 0. The highest BCUT2D eigenvalue weighted by atomic mass is 32.1. The molecule has 1 aliphatic rings. The zero-order valence-electron chi connectivity index (χ0n) is 12.1. The molecule has 1 amide bonds. The minimum absolute atomic E-state index is 0.311. The number of hydrogen-bond donors (Lipinski definition) is 1. The molecule has 1 N–H and O–H groups in total. The van der Waals surface area contributed by atoms with Crippen LogP contribution in [0.25, 0.3) is 0 Å². The zero-order valence-corrected chi connectivity index (χ0v) is 12.9. The number of carbonyl (C=O) groups excluding carboxylic acids is 1. The molecule has 1 aliphatic heterocycles. The average Bonchev–Trinajstić information content (AvgIpc) is 2.99. The molecule has 1 aromatic heterocycles. The summed E-state index contributed by atoms with van der Waals surface area (Å²) in [6, 6.07) is 5.13. The Morgan fingerprint density at radius 1 is 1.42 bits per heavy atom. The van der Waals surface area contributed by atoms with Crippen molar-refractivity contribution < 1.29 is 4.79 Å². The Balaban J connectivity index is 1.84. The number of aryl methyl sites for hydroxylation is 1. The van der Waals surface area contributed by atoms with E-state index in [0.717, 1.165) is 32.4 Å². The highest BCUT2D eigenvalue weighted by Gasteiger charge is 2.22. The summed E-state index contributed by atoms with van der Waals surface area (Å²) >= 11 is 1.88. The number of nitrogens with zero attached hydrogens (tertiary/aromatic N) is 1. The molecule has 0 aliphatic carbocycles. The zero-order chi connectivity index (χ0) is 13.8. The molecule has 0 bridgehead atoms. The normalized spacial score (nSPS) is 18.9. The maximum atomic E-state index is 11.6. The summed E-state index contributed by atoms with van der Waals surface area (Å²) in [5.41, 5.74) is 0. The van der Waals surface area contributed by atoms with E-state index in [1.807, 2.05) is 16.2 Å². The van der Waals surface area contributed by atoms with Crippen molar-refractivity contribution >= 4 is 17.2 Å². The van der Waals surface area contributed by atoms with Crippen molar-refractivity contribution in [2.75, 3.05) is 13.1 Å². The van der Waals surface area contributed by atoms with Gasteiger partial charge < -0.3 is 10.2 Å². The van der Waals surface area contributed by atoms with E-state index in [1.54, 1.807) is 0 Å². The summed E-state index contributed by atoms with van der Waals surface area (Å²) in [5, 5.41) is 3.60. The number of carbonyl (C=O) groups is 1. The second-order valence-corrected chi connectivity index (χ2v) is 6.59. The molecule has 0 saturated carbocycles. The number of amides is 1. The molecule has 2 atom stereocenters. The van der Waals surface area contributed by atoms with E-state index in [9.17, 15) is 4.79 Å². The fourth-order valence-electron chi connectivity index (χ4n) is 2.61. The molecule has 2 rings (SSSR count). The lowest BCUT2D eigenvalue weighted by Crippen LogP contribution is -2.40. The molecule has 2 unspecified atom stereocenters. The lowest BCUT2D eigenvalue weighted by molar-refractivity contribution is -0.127. The minimum Gasteiger partial charge on any atom is -0.341 e. The van der Waals surface area contributed by atoms with Crippen molar-refractivity contribution in [1.29, 1.82) is 0 Å². The van der Waals surface area contributed by atoms with E-state index in [4.69, 9.17) is 0 Å². The van der Waals surface area contributed by atoms with E-state index in [0.29, 0.717) is 18.0 Å². The van der Waals surface area contributed by atoms with Crippen LogP contribution in [0.5, 0.6) is 0 Å². The third-order valence-electron chi connectivity index (χ3n) is 3.66. The lowest BCUT2D eigenvalue weighted by atomic mass is 10.2. The average molecular weight is 280 g/mol. The van der Waals surface area contributed by atoms with Crippen LogP contribution in [-0.4, -0.2) is 29.9 Å². The quantitative estimate of drug-likeness (QED) is 0.869. The molecule has 1 aromatic rings. The number of nitrogens with one attached hydrogen (secondary N) is 1. The Kier molecular flexibility index (Phi) is 4.99. The summed E-state index contributed by atoms with van der Waals surface area (Å²) < 4.78 is 0. The molecule has 2 heterocycles. The smallest absolute Gasteiger partial charge is 0.222 e. The fourth-order valence-corrected chi connectivity index (χ4v) is 3.57. The van der Waals surface area contributed by atoms with Crippen molar-refractivity contribution in [2.24, 2.45) is 0 Å². The van der Waals surface area contributed by atoms with Gasteiger partial charge in [-0.25, -0.2) is 0 Å². The van der Waals surface area contributed by atoms with Gasteiger partial charge in [-0.1, -0.05) is 6.92 Å². The van der Waals surface area contributed by atoms with Crippen molar-refractivity contribution in [3.63, 3.8) is 0 Å². The molecule has 19 heavy (non-hydrogen) atoms. The third kappa shape index (κ3) is 3.80. The first-order valence-electron chi connectivity index (χ1n) is 7.22. The van der Waals surface area contributed by atoms with Gasteiger partial charge in [0.25, 0.3) is 0 Å². The molecule has 1 fully saturated rings. The maximum Gasteiger partial charge on any atom is 0.222 e. The van der Waals surface area contributed by atoms with Crippen LogP contribution < -0.4 is 5.32 Å². The summed E-state index contributed by atoms with van der Waals surface area (Å²) in [5.74, 6) is 0.311. The van der Waals surface area contributed by atoms with E-state index in [2.05, 4.69) is 38.2 Å². The number of likely N-dealkylation sites (tertiary alicyclic amines) is 1. The minimum atomic E-state index is 0.311. The van der Waals surface area contributed by atoms with Crippen LogP contribution in [-0.2, 0) is 11.2 Å². The van der Waals surface area contributed by atoms with Crippen LogP contribution in [0, 0.1) is 0 Å². The van der Waals surface area contributed by atoms with Gasteiger partial charge in [-0.15, -0.1) is 11.3 Å². The molecule has 0 aromatic carbocycles. The fraction of sp³-hybridized carbons (Fsp3) is 0.667. The van der Waals surface area contributed by atoms with Crippen molar-refractivity contribution in [1.82, 2.24) is 10.2 Å². The number of rotatable bonds is 6. The van der Waals surface area contributed by atoms with Gasteiger partial charge >= 0.3 is 0 Å². The van der Waals surface area contributed by atoms with E-state index in [1.165, 1.54) is 9.75 Å². The van der Waals surface area contributed by atoms with Gasteiger partial charge in [-0.2, -0.15) is 0 Å². The van der Waals surface area contributed by atoms with Crippen LogP contribution >= 0.6 is 11.3 Å². The predicted molar refractivity (Wildman–Crippen MR) is 80.5 cm³/mol. The molecule has 106 valence electrons. The van der Waals surface area contributed by atoms with Gasteiger partial charge in [0.05, 0.1) is 0 Å². The van der Waals surface area contributed by atoms with Gasteiger partial charge in [-0.3, -0.25) is 4.79 Å². The van der Waals surface area contributed by atoms with Crippen molar-refractivity contribution in [2.45, 2.75) is 52.1 Å². The van der Waals surface area contributed by atoms with Crippen molar-refractivity contribution in [3.05, 3.63) is 21.9 Å². The molecule has 1 saturated heterocycles. The van der Waals surface area contributed by atoms with Crippen LogP contribution in [0.1, 0.15) is 49.4 Å². The second-order valence-electron chi connectivity index (χ2n) is 5.39. The monoisotopic (exact) mass is 280 g/mol. The Bertz CT molecular complexity index is 430. The maximum absolute atomic E-state index is 11.6. The SMILES string of the molecule is CCc1ccc(C(C)NC(C)CN2CCCC2=O)s1. The molecular weight excluding hydrogens is 256 g/mol. The Labute approximate surface area is 120 Å². The summed E-state index contributed by atoms with van der Waals surface area (Å²) in [6.07, 6.45) is 2.86. The van der Waals surface area contributed by atoms with Crippen LogP contribution in [0.3, 0.4) is 0 Å². The second kappa shape index (κ2) is 6.53. The Morgan fingerprint density at radius 3 is 2.79 bits per heavy atom. The Hall–Kier alpha value is -0.870. The lowest BCUT2D eigenvalue weighted by Gasteiger charge is -2.24. The van der Waals surface area contributed by atoms with Gasteiger partial charge in [0.15, 0.2) is 0 Å². The number of hydrogen-bond acceptors (Lipinski definition) is 3. The first-order valence-corrected chi connectivity index (χ1v) is 8.04. The predicted octanol–water partition coefficient (Wildman–Crippen LogP) is 2.97. The summed E-state index contributed by atoms with van der Waals surface area (Å²) in [6.45, 7) is 8.31. The summed E-state index contributed by atoms with van der Waals surface area (Å²) in [4.78, 5) is 16.4. The largest absolute Gasteiger partial charge is 0.341 e. The standard InChI is InChI=1S/C15H24N2OS/c1-4-13-7-8-14(19-13)12(3)16-11(2)10-17-9-5-6-15(17)18/h7-8,11-12,16H,4-6,9-10H2,1-3H3. The van der Waals surface area contributed by atoms with E-state index < -0.39 is 0 Å². The van der Waals surface area contributed by atoms with Gasteiger partial charge in [0.1, 0.15) is 0 Å². The topological polar surface area (TPSA) is 32.3 Å². The Morgan fingerprint density at radius 2 is 2.21 bits per heavy atom. The number of thiophene rings is 1. The molecular formula is C15H24N2OS. The molecule has 3 nitrogen and oxygen atoms in total. The molecule has 0 radical (unpaired) electrons. The molecule has 0 spiro atoms. The van der Waals surface area contributed by atoms with Crippen molar-refractivity contribution in [3.8, 4) is 0 Å². The van der Waals surface area contributed by atoms with Crippen LogP contribution in [0.15, 0.2) is 12.1 Å². The first-order chi connectivity index (χ1) is 9.10. The highest BCUT2D eigenvalue weighted by molar-refractivity contribution is 7.12. The first kappa shape index (κ1) is 14.5. The van der Waals surface area contributed by atoms with E-state index in [-0.39, 0.29) is 0 Å². The highest BCUT2D eigenvalue weighted by Crippen LogP contribution is 2.24. The van der Waals surface area contributed by atoms with Gasteiger partial charge in [-0.05, 0) is 38.8 Å². The van der Waals surface area contributed by atoms with Gasteiger partial charge in [0, 0.05) is 41.3 Å². The van der Waals surface area contributed by atoms with Crippen LogP contribution in [0.4, 0.5) is 0 Å². The third-order valence-corrected chi connectivity index (χ3v) is 5.07. The van der Waals surface area contributed by atoms with Gasteiger partial charge in [0.2, 0.25) is 5.91 Å². The van der Waals surface area contributed by atoms with Crippen LogP contribution in [0.2, 0.25) is 0 Å². The molecule has 4 heteroatoms. The van der Waals surface area contributed by atoms with E-state index >= 15 is 0 Å².